The summed E-state index contributed by atoms with van der Waals surface area (Å²) in [5.74, 6) is -0.693. The Kier molecular flexibility index (Phi) is 5.64. The Hall–Kier alpha value is -3.95. The zero-order valence-corrected chi connectivity index (χ0v) is 18.1. The minimum absolute atomic E-state index is 0.0222. The molecule has 1 saturated heterocycles. The zero-order chi connectivity index (χ0) is 23.7. The van der Waals surface area contributed by atoms with Gasteiger partial charge in [-0.2, -0.15) is 17.7 Å². The van der Waals surface area contributed by atoms with Gasteiger partial charge < -0.3 is 10.2 Å². The molecule has 0 atom stereocenters. The van der Waals surface area contributed by atoms with E-state index in [0.717, 1.165) is 35.2 Å². The number of nitrogens with zero attached hydrogens (tertiary/aromatic N) is 5. The van der Waals surface area contributed by atoms with Gasteiger partial charge >= 0.3 is 6.18 Å². The molecule has 1 amide bonds. The van der Waals surface area contributed by atoms with E-state index < -0.39 is 12.0 Å². The number of alkyl halides is 3. The van der Waals surface area contributed by atoms with Crippen molar-refractivity contribution in [3.8, 4) is 11.1 Å². The number of nitrogens with one attached hydrogen (secondary N) is 1. The summed E-state index contributed by atoms with van der Waals surface area (Å²) in [6, 6.07) is 18.9. The fraction of sp³-hybridized carbons (Fsp3) is 0.250. The Balaban J connectivity index is 1.33. The van der Waals surface area contributed by atoms with E-state index in [2.05, 4.69) is 20.6 Å². The lowest BCUT2D eigenvalue weighted by Gasteiger charge is -2.16. The van der Waals surface area contributed by atoms with Crippen LogP contribution in [0.15, 0.2) is 60.7 Å². The molecule has 34 heavy (non-hydrogen) atoms. The van der Waals surface area contributed by atoms with E-state index in [0.29, 0.717) is 24.0 Å². The van der Waals surface area contributed by atoms with Gasteiger partial charge in [-0.1, -0.05) is 48.5 Å². The first-order valence-corrected chi connectivity index (χ1v) is 10.9. The molecule has 5 rings (SSSR count). The monoisotopic (exact) mass is 466 g/mol. The van der Waals surface area contributed by atoms with Gasteiger partial charge in [-0.15, -0.1) is 15.3 Å². The zero-order valence-electron chi connectivity index (χ0n) is 18.1. The first-order chi connectivity index (χ1) is 16.4. The van der Waals surface area contributed by atoms with Crippen molar-refractivity contribution in [2.24, 2.45) is 0 Å². The Bertz CT molecular complexity index is 1330. The first-order valence-electron chi connectivity index (χ1n) is 10.9. The second-order valence-corrected chi connectivity index (χ2v) is 8.14. The van der Waals surface area contributed by atoms with Crippen LogP contribution in [0, 0.1) is 0 Å². The van der Waals surface area contributed by atoms with Gasteiger partial charge in [-0.25, -0.2) is 0 Å². The van der Waals surface area contributed by atoms with Gasteiger partial charge in [0, 0.05) is 26.1 Å². The number of anilines is 1. The van der Waals surface area contributed by atoms with E-state index in [1.807, 2.05) is 53.4 Å². The van der Waals surface area contributed by atoms with Gasteiger partial charge in [0.15, 0.2) is 5.65 Å². The Labute approximate surface area is 193 Å². The predicted molar refractivity (Wildman–Crippen MR) is 120 cm³/mol. The van der Waals surface area contributed by atoms with Crippen LogP contribution < -0.4 is 5.32 Å². The summed E-state index contributed by atoms with van der Waals surface area (Å²) in [7, 11) is 0. The number of hydrogen-bond donors (Lipinski definition) is 1. The van der Waals surface area contributed by atoms with Crippen LogP contribution in [0.5, 0.6) is 0 Å². The van der Waals surface area contributed by atoms with Crippen LogP contribution in [-0.2, 0) is 24.1 Å². The van der Waals surface area contributed by atoms with Gasteiger partial charge in [-0.05, 0) is 40.8 Å². The van der Waals surface area contributed by atoms with E-state index in [1.165, 1.54) is 6.07 Å². The molecule has 0 aliphatic carbocycles. The standard InChI is InChI=1S/C24H21F3N6O/c25-24(26,27)23-30-29-21-12-11-20(31-33(21)23)28-14-18-4-1-2-5-19(18)17-9-7-16(8-10-17)15-32-13-3-6-22(32)34/h1-2,4-5,7-12H,3,6,13-15H2,(H,28,31). The van der Waals surface area contributed by atoms with Crippen molar-refractivity contribution in [2.75, 3.05) is 11.9 Å². The maximum absolute atomic E-state index is 13.1. The summed E-state index contributed by atoms with van der Waals surface area (Å²) < 4.78 is 40.1. The Morgan fingerprint density at radius 3 is 2.50 bits per heavy atom. The number of aromatic nitrogens is 4. The number of carbonyl (C=O) groups is 1. The second kappa shape index (κ2) is 8.77. The van der Waals surface area contributed by atoms with E-state index >= 15 is 0 Å². The predicted octanol–water partition coefficient (Wildman–Crippen LogP) is 4.54. The Morgan fingerprint density at radius 1 is 0.971 bits per heavy atom. The molecule has 3 heterocycles. The highest BCUT2D eigenvalue weighted by Gasteiger charge is 2.37. The fourth-order valence-corrected chi connectivity index (χ4v) is 4.08. The van der Waals surface area contributed by atoms with Crippen molar-refractivity contribution in [1.82, 2.24) is 24.7 Å². The van der Waals surface area contributed by atoms with Crippen molar-refractivity contribution >= 4 is 17.4 Å². The third-order valence-corrected chi connectivity index (χ3v) is 5.80. The van der Waals surface area contributed by atoms with Crippen molar-refractivity contribution in [3.05, 3.63) is 77.6 Å². The fourth-order valence-electron chi connectivity index (χ4n) is 4.08. The lowest BCUT2D eigenvalue weighted by molar-refractivity contribution is -0.146. The lowest BCUT2D eigenvalue weighted by atomic mass is 9.98. The average Bonchev–Trinajstić information content (AvgIpc) is 3.44. The minimum atomic E-state index is -4.65. The molecule has 0 unspecified atom stereocenters. The summed E-state index contributed by atoms with van der Waals surface area (Å²) in [5.41, 5.74) is 4.07. The number of amides is 1. The van der Waals surface area contributed by atoms with Gasteiger partial charge in [-0.3, -0.25) is 4.79 Å². The molecule has 0 saturated carbocycles. The molecule has 174 valence electrons. The van der Waals surface area contributed by atoms with E-state index in [-0.39, 0.29) is 17.4 Å². The number of likely N-dealkylation sites (tertiary alicyclic amines) is 1. The largest absolute Gasteiger partial charge is 0.453 e. The summed E-state index contributed by atoms with van der Waals surface area (Å²) in [5, 5.41) is 13.8. The lowest BCUT2D eigenvalue weighted by Crippen LogP contribution is -2.23. The molecule has 0 bridgehead atoms. The third kappa shape index (κ3) is 4.43. The normalized spacial score (nSPS) is 14.2. The molecule has 0 spiro atoms. The topological polar surface area (TPSA) is 75.4 Å². The number of halogens is 3. The van der Waals surface area contributed by atoms with Gasteiger partial charge in [0.05, 0.1) is 0 Å². The minimum Gasteiger partial charge on any atom is -0.365 e. The number of carbonyl (C=O) groups excluding carboxylic acids is 1. The van der Waals surface area contributed by atoms with E-state index in [4.69, 9.17) is 0 Å². The van der Waals surface area contributed by atoms with Crippen molar-refractivity contribution in [3.63, 3.8) is 0 Å². The molecule has 1 aliphatic rings. The maximum Gasteiger partial charge on any atom is 0.453 e. The number of benzene rings is 2. The number of hydrogen-bond acceptors (Lipinski definition) is 5. The smallest absolute Gasteiger partial charge is 0.365 e. The highest BCUT2D eigenvalue weighted by molar-refractivity contribution is 5.78. The molecular weight excluding hydrogens is 445 g/mol. The van der Waals surface area contributed by atoms with Crippen LogP contribution in [0.1, 0.15) is 29.8 Å². The number of fused-ring (bicyclic) bond motifs is 1. The van der Waals surface area contributed by atoms with Crippen molar-refractivity contribution < 1.29 is 18.0 Å². The van der Waals surface area contributed by atoms with E-state index in [1.54, 1.807) is 6.07 Å². The summed E-state index contributed by atoms with van der Waals surface area (Å²) >= 11 is 0. The summed E-state index contributed by atoms with van der Waals surface area (Å²) in [6.07, 6.45) is -3.12. The van der Waals surface area contributed by atoms with Gasteiger partial charge in [0.1, 0.15) is 5.82 Å². The van der Waals surface area contributed by atoms with Crippen LogP contribution in [0.4, 0.5) is 19.0 Å². The van der Waals surface area contributed by atoms with Crippen LogP contribution in [0.3, 0.4) is 0 Å². The molecular formula is C24H21F3N6O. The molecule has 2 aromatic carbocycles. The van der Waals surface area contributed by atoms with Gasteiger partial charge in [0.2, 0.25) is 5.91 Å². The van der Waals surface area contributed by atoms with Crippen molar-refractivity contribution in [1.29, 1.82) is 0 Å². The first kappa shape index (κ1) is 21.9. The molecule has 2 aromatic heterocycles. The molecule has 1 N–H and O–H groups in total. The van der Waals surface area contributed by atoms with E-state index in [9.17, 15) is 18.0 Å². The molecule has 0 radical (unpaired) electrons. The summed E-state index contributed by atoms with van der Waals surface area (Å²) in [4.78, 5) is 13.7. The molecule has 4 aromatic rings. The van der Waals surface area contributed by atoms with Crippen LogP contribution >= 0.6 is 0 Å². The molecule has 1 aliphatic heterocycles. The van der Waals surface area contributed by atoms with Crippen LogP contribution in [0.25, 0.3) is 16.8 Å². The van der Waals surface area contributed by atoms with Crippen molar-refractivity contribution in [2.45, 2.75) is 32.1 Å². The van der Waals surface area contributed by atoms with Gasteiger partial charge in [0.25, 0.3) is 5.82 Å². The molecule has 1 fully saturated rings. The maximum atomic E-state index is 13.1. The number of rotatable bonds is 6. The molecule has 10 heteroatoms. The SMILES string of the molecule is O=C1CCCN1Cc1ccc(-c2ccccc2CNc2ccc3nnc(C(F)(F)F)n3n2)cc1. The highest BCUT2D eigenvalue weighted by atomic mass is 19.4. The summed E-state index contributed by atoms with van der Waals surface area (Å²) in [6.45, 7) is 1.77. The third-order valence-electron chi connectivity index (χ3n) is 5.80. The van der Waals surface area contributed by atoms with Crippen LogP contribution in [-0.4, -0.2) is 37.2 Å². The van der Waals surface area contributed by atoms with Crippen LogP contribution in [0.2, 0.25) is 0 Å². The quantitative estimate of drug-likeness (QED) is 0.452. The highest BCUT2D eigenvalue weighted by Crippen LogP contribution is 2.28. The average molecular weight is 466 g/mol. The Morgan fingerprint density at radius 2 is 1.76 bits per heavy atom. The second-order valence-electron chi connectivity index (χ2n) is 8.14. The molecule has 7 nitrogen and oxygen atoms in total.